The van der Waals surface area contributed by atoms with E-state index in [0.717, 1.165) is 0 Å². The van der Waals surface area contributed by atoms with Gasteiger partial charge in [0.2, 0.25) is 12.5 Å². The van der Waals surface area contributed by atoms with Gasteiger partial charge in [-0.2, -0.15) is 0 Å². The number of esters is 1. The topological polar surface area (TPSA) is 161 Å². The zero-order chi connectivity index (χ0) is 30.2. The van der Waals surface area contributed by atoms with Crippen molar-refractivity contribution < 1.29 is 62.7 Å². The second kappa shape index (κ2) is 10.4. The van der Waals surface area contributed by atoms with Gasteiger partial charge < -0.3 is 58.0 Å². The van der Waals surface area contributed by atoms with Crippen LogP contribution in [0.5, 0.6) is 28.7 Å². The van der Waals surface area contributed by atoms with Crippen molar-refractivity contribution >= 4 is 5.97 Å². The lowest BCUT2D eigenvalue weighted by Gasteiger charge is -2.52. The Labute approximate surface area is 247 Å². The number of fused-ring (bicyclic) bond motifs is 4. The summed E-state index contributed by atoms with van der Waals surface area (Å²) in [6.45, 7) is 3.62. The van der Waals surface area contributed by atoms with Crippen molar-refractivity contribution in [2.24, 2.45) is 11.8 Å². The summed E-state index contributed by atoms with van der Waals surface area (Å²) in [5.41, 5.74) is 0.898. The van der Waals surface area contributed by atoms with E-state index in [1.165, 1.54) is 14.2 Å². The predicted octanol–water partition coefficient (Wildman–Crippen LogP) is 1.73. The molecule has 4 aliphatic heterocycles. The number of carbonyl (C=O) groups is 1. The van der Waals surface area contributed by atoms with Gasteiger partial charge in [0.1, 0.15) is 23.9 Å². The molecule has 2 aromatic rings. The molecular formula is C30H34O13. The molecule has 7 rings (SSSR count). The van der Waals surface area contributed by atoms with Gasteiger partial charge in [-0.05, 0) is 54.8 Å². The van der Waals surface area contributed by atoms with Crippen LogP contribution in [0.1, 0.15) is 42.6 Å². The molecule has 232 valence electrons. The van der Waals surface area contributed by atoms with Crippen LogP contribution in [0.3, 0.4) is 0 Å². The van der Waals surface area contributed by atoms with Gasteiger partial charge in [-0.15, -0.1) is 0 Å². The summed E-state index contributed by atoms with van der Waals surface area (Å²) >= 11 is 0. The molecule has 10 atom stereocenters. The number of phenolic OH excluding ortho intramolecular Hbond substituents is 1. The molecule has 5 aliphatic rings. The Kier molecular flexibility index (Phi) is 6.87. The minimum atomic E-state index is -1.46. The van der Waals surface area contributed by atoms with Crippen molar-refractivity contribution in [1.82, 2.24) is 0 Å². The van der Waals surface area contributed by atoms with Gasteiger partial charge in [-0.25, -0.2) is 0 Å². The highest BCUT2D eigenvalue weighted by molar-refractivity contribution is 5.79. The fraction of sp³-hybridized carbons (Fsp3) is 0.567. The average Bonchev–Trinajstić information content (AvgIpc) is 3.62. The van der Waals surface area contributed by atoms with Crippen molar-refractivity contribution in [2.45, 2.75) is 62.4 Å². The number of aliphatic hydroxyl groups is 2. The molecule has 0 radical (unpaired) electrons. The summed E-state index contributed by atoms with van der Waals surface area (Å²) < 4.78 is 52.1. The SMILES string of the molecule is COc1cc(C2c3cc4c(cc3C(OC3OC5(C)COC(C)OC5C(O)C3O)[C@H]3COC(=O)C23)OCO4)cc(OC)c1O. The van der Waals surface area contributed by atoms with Crippen LogP contribution in [0, 0.1) is 11.8 Å². The van der Waals surface area contributed by atoms with Gasteiger partial charge >= 0.3 is 5.97 Å². The largest absolute Gasteiger partial charge is 0.502 e. The Hall–Kier alpha value is -3.33. The van der Waals surface area contributed by atoms with E-state index in [1.807, 2.05) is 0 Å². The summed E-state index contributed by atoms with van der Waals surface area (Å²) in [7, 11) is 2.86. The van der Waals surface area contributed by atoms with Crippen LogP contribution in [0.4, 0.5) is 0 Å². The number of rotatable bonds is 5. The number of phenols is 1. The van der Waals surface area contributed by atoms with E-state index in [-0.39, 0.29) is 37.3 Å². The lowest BCUT2D eigenvalue weighted by atomic mass is 9.66. The molecule has 1 aliphatic carbocycles. The Morgan fingerprint density at radius 2 is 1.63 bits per heavy atom. The summed E-state index contributed by atoms with van der Waals surface area (Å²) in [6.07, 6.45) is -6.30. The predicted molar refractivity (Wildman–Crippen MR) is 143 cm³/mol. The van der Waals surface area contributed by atoms with Crippen LogP contribution in [-0.2, 0) is 28.5 Å². The molecule has 0 aromatic heterocycles. The average molecular weight is 603 g/mol. The van der Waals surface area contributed by atoms with Crippen molar-refractivity contribution in [3.8, 4) is 28.7 Å². The van der Waals surface area contributed by atoms with Gasteiger partial charge in [0.05, 0.1) is 39.5 Å². The Morgan fingerprint density at radius 3 is 2.30 bits per heavy atom. The fourth-order valence-electron chi connectivity index (χ4n) is 7.01. The highest BCUT2D eigenvalue weighted by atomic mass is 16.8. The third-order valence-electron chi connectivity index (χ3n) is 9.13. The first-order valence-corrected chi connectivity index (χ1v) is 14.1. The van der Waals surface area contributed by atoms with Crippen LogP contribution in [0.2, 0.25) is 0 Å². The molecule has 3 fully saturated rings. The smallest absolute Gasteiger partial charge is 0.310 e. The van der Waals surface area contributed by atoms with Crippen molar-refractivity contribution in [3.05, 3.63) is 41.0 Å². The van der Waals surface area contributed by atoms with Crippen LogP contribution >= 0.6 is 0 Å². The number of benzene rings is 2. The standard InChI is InChI=1S/C30H34O13/c1-12-38-10-30(2)27(41-12)24(32)25(33)29(43-30)42-26-15-8-18-17(39-11-40-18)7-14(15)21(22-16(26)9-37-28(22)34)13-5-19(35-3)23(31)20(6-13)36-4/h5-8,12,16,21-22,24-27,29,31-33H,9-11H2,1-4H3/t12?,16-,21?,22?,24?,25?,26?,27?,29?,30?/m0/s1. The van der Waals surface area contributed by atoms with Gasteiger partial charge in [0.15, 0.2) is 35.6 Å². The van der Waals surface area contributed by atoms with Crippen molar-refractivity contribution in [3.63, 3.8) is 0 Å². The molecule has 0 amide bonds. The zero-order valence-corrected chi connectivity index (χ0v) is 24.1. The number of hydrogen-bond donors (Lipinski definition) is 3. The molecule has 0 bridgehead atoms. The fourth-order valence-corrected chi connectivity index (χ4v) is 7.01. The summed E-state index contributed by atoms with van der Waals surface area (Å²) in [4.78, 5) is 13.4. The maximum atomic E-state index is 13.4. The van der Waals surface area contributed by atoms with Crippen molar-refractivity contribution in [1.29, 1.82) is 0 Å². The van der Waals surface area contributed by atoms with E-state index in [2.05, 4.69) is 0 Å². The van der Waals surface area contributed by atoms with E-state index in [1.54, 1.807) is 38.1 Å². The molecule has 43 heavy (non-hydrogen) atoms. The number of cyclic esters (lactones) is 1. The monoisotopic (exact) mass is 602 g/mol. The van der Waals surface area contributed by atoms with Gasteiger partial charge in [-0.3, -0.25) is 4.79 Å². The van der Waals surface area contributed by atoms with E-state index in [4.69, 9.17) is 42.6 Å². The molecule has 0 spiro atoms. The summed E-state index contributed by atoms with van der Waals surface area (Å²) in [6, 6.07) is 6.93. The lowest BCUT2D eigenvalue weighted by molar-refractivity contribution is -0.394. The molecular weight excluding hydrogens is 568 g/mol. The van der Waals surface area contributed by atoms with Crippen LogP contribution in [-0.4, -0.2) is 92.0 Å². The molecule has 4 heterocycles. The van der Waals surface area contributed by atoms with E-state index >= 15 is 0 Å². The maximum absolute atomic E-state index is 13.4. The van der Waals surface area contributed by atoms with Gasteiger partial charge in [-0.1, -0.05) is 0 Å². The van der Waals surface area contributed by atoms with E-state index in [9.17, 15) is 20.1 Å². The number of carbonyl (C=O) groups excluding carboxylic acids is 1. The quantitative estimate of drug-likeness (QED) is 0.425. The Bertz CT molecular complexity index is 1400. The molecule has 13 nitrogen and oxygen atoms in total. The van der Waals surface area contributed by atoms with Crippen LogP contribution in [0.25, 0.3) is 0 Å². The maximum Gasteiger partial charge on any atom is 0.310 e. The molecule has 0 saturated carbocycles. The third-order valence-corrected chi connectivity index (χ3v) is 9.13. The first-order chi connectivity index (χ1) is 20.6. The number of aromatic hydroxyl groups is 1. The summed E-state index contributed by atoms with van der Waals surface area (Å²) in [5, 5.41) is 32.8. The zero-order valence-electron chi connectivity index (χ0n) is 24.1. The normalized spacial score (nSPS) is 37.6. The minimum absolute atomic E-state index is 0.0268. The van der Waals surface area contributed by atoms with Gasteiger partial charge in [0, 0.05) is 11.8 Å². The lowest BCUT2D eigenvalue weighted by Crippen LogP contribution is -2.69. The van der Waals surface area contributed by atoms with E-state index in [0.29, 0.717) is 28.2 Å². The highest BCUT2D eigenvalue weighted by Gasteiger charge is 2.58. The number of methoxy groups -OCH3 is 2. The minimum Gasteiger partial charge on any atom is -0.502 e. The Balaban J connectivity index is 1.33. The number of ether oxygens (including phenoxy) is 9. The third kappa shape index (κ3) is 4.40. The van der Waals surface area contributed by atoms with Crippen molar-refractivity contribution in [2.75, 3.05) is 34.2 Å². The molecule has 3 N–H and O–H groups in total. The second-order valence-corrected chi connectivity index (χ2v) is 11.7. The first-order valence-electron chi connectivity index (χ1n) is 14.1. The number of hydrogen-bond acceptors (Lipinski definition) is 13. The van der Waals surface area contributed by atoms with Crippen LogP contribution < -0.4 is 18.9 Å². The highest BCUT2D eigenvalue weighted by Crippen LogP contribution is 2.57. The molecule has 9 unspecified atom stereocenters. The molecule has 13 heteroatoms. The molecule has 2 aromatic carbocycles. The van der Waals surface area contributed by atoms with E-state index < -0.39 is 66.3 Å². The summed E-state index contributed by atoms with van der Waals surface area (Å²) in [5.74, 6) is -1.06. The number of aliphatic hydroxyl groups excluding tert-OH is 2. The van der Waals surface area contributed by atoms with Crippen LogP contribution in [0.15, 0.2) is 24.3 Å². The second-order valence-electron chi connectivity index (χ2n) is 11.7. The van der Waals surface area contributed by atoms with Gasteiger partial charge in [0.25, 0.3) is 0 Å². The first kappa shape index (κ1) is 28.4. The molecule has 3 saturated heterocycles. The Morgan fingerprint density at radius 1 is 0.953 bits per heavy atom.